The summed E-state index contributed by atoms with van der Waals surface area (Å²) in [6, 6.07) is 9.42. The molecule has 0 spiro atoms. The third-order valence-electron chi connectivity index (χ3n) is 2.28. The predicted octanol–water partition coefficient (Wildman–Crippen LogP) is 3.50. The van der Waals surface area contributed by atoms with Gasteiger partial charge in [0.1, 0.15) is 17.3 Å². The van der Waals surface area contributed by atoms with Crippen molar-refractivity contribution < 1.29 is 8.78 Å². The highest BCUT2D eigenvalue weighted by atomic mass is 32.1. The summed E-state index contributed by atoms with van der Waals surface area (Å²) in [6.07, 6.45) is 0. The first-order chi connectivity index (χ1) is 7.58. The Morgan fingerprint density at radius 3 is 1.88 bits per heavy atom. The number of hydrogen-bond donors (Lipinski definition) is 2. The van der Waals surface area contributed by atoms with Gasteiger partial charge in [-0.05, 0) is 35.4 Å². The van der Waals surface area contributed by atoms with E-state index >= 15 is 0 Å². The van der Waals surface area contributed by atoms with Crippen molar-refractivity contribution in [3.63, 3.8) is 0 Å². The zero-order valence-corrected chi connectivity index (χ0v) is 9.14. The molecule has 4 heteroatoms. The Labute approximate surface area is 97.3 Å². The standard InChI is InChI=1S/C12H9F2NS/c13-10-5-8(6-11(14)12(10)15)7-1-3-9(16)4-2-7/h1-6,16H,15H2. The van der Waals surface area contributed by atoms with Crippen LogP contribution in [0.25, 0.3) is 11.1 Å². The smallest absolute Gasteiger partial charge is 0.149 e. The van der Waals surface area contributed by atoms with Gasteiger partial charge in [0.05, 0.1) is 0 Å². The lowest BCUT2D eigenvalue weighted by molar-refractivity contribution is 0.592. The van der Waals surface area contributed by atoms with E-state index in [0.29, 0.717) is 5.56 Å². The molecule has 0 aliphatic rings. The van der Waals surface area contributed by atoms with Crippen molar-refractivity contribution >= 4 is 18.3 Å². The largest absolute Gasteiger partial charge is 0.394 e. The average molecular weight is 237 g/mol. The van der Waals surface area contributed by atoms with Crippen molar-refractivity contribution in [3.8, 4) is 11.1 Å². The van der Waals surface area contributed by atoms with Crippen molar-refractivity contribution in [3.05, 3.63) is 48.0 Å². The van der Waals surface area contributed by atoms with Crippen molar-refractivity contribution in [2.45, 2.75) is 4.90 Å². The quantitative estimate of drug-likeness (QED) is 0.576. The highest BCUT2D eigenvalue weighted by Crippen LogP contribution is 2.26. The number of benzene rings is 2. The maximum Gasteiger partial charge on any atom is 0.149 e. The molecule has 0 saturated heterocycles. The van der Waals surface area contributed by atoms with Crippen LogP contribution in [-0.2, 0) is 0 Å². The molecule has 2 aromatic rings. The van der Waals surface area contributed by atoms with E-state index in [1.54, 1.807) is 24.3 Å². The van der Waals surface area contributed by atoms with Gasteiger partial charge in [0.25, 0.3) is 0 Å². The molecular formula is C12H9F2NS. The fourth-order valence-corrected chi connectivity index (χ4v) is 1.55. The van der Waals surface area contributed by atoms with Gasteiger partial charge in [-0.15, -0.1) is 12.6 Å². The Bertz CT molecular complexity index is 500. The maximum atomic E-state index is 13.2. The number of rotatable bonds is 1. The Morgan fingerprint density at radius 2 is 1.38 bits per heavy atom. The van der Waals surface area contributed by atoms with Crippen LogP contribution in [-0.4, -0.2) is 0 Å². The van der Waals surface area contributed by atoms with Crippen LogP contribution in [0.2, 0.25) is 0 Å². The van der Waals surface area contributed by atoms with Crippen LogP contribution in [0.15, 0.2) is 41.3 Å². The summed E-state index contributed by atoms with van der Waals surface area (Å²) in [5.41, 5.74) is 5.92. The number of halogens is 2. The molecule has 0 radical (unpaired) electrons. The molecule has 0 bridgehead atoms. The Hall–Kier alpha value is -1.55. The summed E-state index contributed by atoms with van der Waals surface area (Å²) in [5, 5.41) is 0. The SMILES string of the molecule is Nc1c(F)cc(-c2ccc(S)cc2)cc1F. The summed E-state index contributed by atoms with van der Waals surface area (Å²) in [5.74, 6) is -1.49. The summed E-state index contributed by atoms with van der Waals surface area (Å²) in [7, 11) is 0. The van der Waals surface area contributed by atoms with Crippen LogP contribution in [0, 0.1) is 11.6 Å². The molecule has 2 N–H and O–H groups in total. The second-order valence-corrected chi connectivity index (χ2v) is 3.92. The maximum absolute atomic E-state index is 13.2. The van der Waals surface area contributed by atoms with Gasteiger partial charge in [0.2, 0.25) is 0 Å². The molecule has 1 nitrogen and oxygen atoms in total. The minimum Gasteiger partial charge on any atom is -0.394 e. The van der Waals surface area contributed by atoms with Gasteiger partial charge < -0.3 is 5.73 Å². The molecule has 16 heavy (non-hydrogen) atoms. The Kier molecular flexibility index (Phi) is 2.83. The Balaban J connectivity index is 2.52. The fourth-order valence-electron chi connectivity index (χ4n) is 1.40. The van der Waals surface area contributed by atoms with Crippen LogP contribution >= 0.6 is 12.6 Å². The monoisotopic (exact) mass is 237 g/mol. The molecule has 0 fully saturated rings. The lowest BCUT2D eigenvalue weighted by Gasteiger charge is -2.05. The molecule has 0 atom stereocenters. The van der Waals surface area contributed by atoms with E-state index in [-0.39, 0.29) is 0 Å². The van der Waals surface area contributed by atoms with E-state index in [4.69, 9.17) is 5.73 Å². The molecule has 0 aromatic heterocycles. The first-order valence-corrected chi connectivity index (χ1v) is 5.06. The summed E-state index contributed by atoms with van der Waals surface area (Å²) >= 11 is 4.13. The van der Waals surface area contributed by atoms with Gasteiger partial charge >= 0.3 is 0 Å². The fraction of sp³-hybridized carbons (Fsp3) is 0. The van der Waals surface area contributed by atoms with Gasteiger partial charge in [0, 0.05) is 4.90 Å². The molecule has 2 rings (SSSR count). The van der Waals surface area contributed by atoms with Gasteiger partial charge in [-0.3, -0.25) is 0 Å². The van der Waals surface area contributed by atoms with Crippen LogP contribution in [0.5, 0.6) is 0 Å². The molecule has 0 unspecified atom stereocenters. The summed E-state index contributed by atoms with van der Waals surface area (Å²) < 4.78 is 26.4. The highest BCUT2D eigenvalue weighted by Gasteiger charge is 2.08. The first-order valence-electron chi connectivity index (χ1n) is 4.62. The number of thiol groups is 1. The molecule has 0 amide bonds. The molecule has 0 aliphatic heterocycles. The van der Waals surface area contributed by atoms with E-state index in [2.05, 4.69) is 12.6 Å². The summed E-state index contributed by atoms with van der Waals surface area (Å²) in [4.78, 5) is 0.792. The van der Waals surface area contributed by atoms with E-state index in [0.717, 1.165) is 10.5 Å². The molecule has 0 aliphatic carbocycles. The third-order valence-corrected chi connectivity index (χ3v) is 2.58. The predicted molar refractivity (Wildman–Crippen MR) is 63.5 cm³/mol. The van der Waals surface area contributed by atoms with Crippen molar-refractivity contribution in [1.29, 1.82) is 0 Å². The number of nitrogen functional groups attached to an aromatic ring is 1. The third kappa shape index (κ3) is 2.02. The normalized spacial score (nSPS) is 10.4. The van der Waals surface area contributed by atoms with Gasteiger partial charge in [-0.2, -0.15) is 0 Å². The van der Waals surface area contributed by atoms with Crippen molar-refractivity contribution in [2.75, 3.05) is 5.73 Å². The van der Waals surface area contributed by atoms with Crippen molar-refractivity contribution in [1.82, 2.24) is 0 Å². The first kappa shape index (κ1) is 11.0. The topological polar surface area (TPSA) is 26.0 Å². The summed E-state index contributed by atoms with van der Waals surface area (Å²) in [6.45, 7) is 0. The van der Waals surface area contributed by atoms with Gasteiger partial charge in [0.15, 0.2) is 0 Å². The number of hydrogen-bond acceptors (Lipinski definition) is 2. The van der Waals surface area contributed by atoms with Crippen LogP contribution in [0.3, 0.4) is 0 Å². The highest BCUT2D eigenvalue weighted by molar-refractivity contribution is 7.80. The zero-order chi connectivity index (χ0) is 11.7. The zero-order valence-electron chi connectivity index (χ0n) is 8.24. The Morgan fingerprint density at radius 1 is 0.875 bits per heavy atom. The molecule has 2 aromatic carbocycles. The second kappa shape index (κ2) is 4.14. The van der Waals surface area contributed by atoms with E-state index in [1.807, 2.05) is 0 Å². The van der Waals surface area contributed by atoms with Crippen molar-refractivity contribution in [2.24, 2.45) is 0 Å². The number of anilines is 1. The molecule has 0 heterocycles. The van der Waals surface area contributed by atoms with E-state index in [1.165, 1.54) is 12.1 Å². The lowest BCUT2D eigenvalue weighted by atomic mass is 10.0. The number of nitrogens with two attached hydrogens (primary N) is 1. The van der Waals surface area contributed by atoms with Gasteiger partial charge in [-0.25, -0.2) is 8.78 Å². The van der Waals surface area contributed by atoms with Crippen LogP contribution < -0.4 is 5.73 Å². The lowest BCUT2D eigenvalue weighted by Crippen LogP contribution is -1.95. The van der Waals surface area contributed by atoms with Gasteiger partial charge in [-0.1, -0.05) is 12.1 Å². The van der Waals surface area contributed by atoms with E-state index in [9.17, 15) is 8.78 Å². The minimum absolute atomic E-state index is 0.449. The average Bonchev–Trinajstić information content (AvgIpc) is 2.26. The molecule has 0 saturated carbocycles. The second-order valence-electron chi connectivity index (χ2n) is 3.40. The minimum atomic E-state index is -0.745. The van der Waals surface area contributed by atoms with E-state index < -0.39 is 17.3 Å². The molecule has 82 valence electrons. The van der Waals surface area contributed by atoms with Crippen LogP contribution in [0.1, 0.15) is 0 Å². The van der Waals surface area contributed by atoms with Crippen LogP contribution in [0.4, 0.5) is 14.5 Å². The molecular weight excluding hydrogens is 228 g/mol.